The van der Waals surface area contributed by atoms with E-state index in [0.29, 0.717) is 42.7 Å². The van der Waals surface area contributed by atoms with Crippen LogP contribution in [0.1, 0.15) is 74.3 Å². The van der Waals surface area contributed by atoms with Crippen LogP contribution in [-0.2, 0) is 24.1 Å². The molecule has 2 aliphatic carbocycles. The summed E-state index contributed by atoms with van der Waals surface area (Å²) >= 11 is 0. The molecule has 0 atom stereocenters. The second kappa shape index (κ2) is 18.0. The van der Waals surface area contributed by atoms with Crippen LogP contribution in [0.5, 0.6) is 0 Å². The number of benzene rings is 1. The lowest BCUT2D eigenvalue weighted by Gasteiger charge is -2.29. The van der Waals surface area contributed by atoms with Gasteiger partial charge in [-0.1, -0.05) is 18.2 Å². The molecular formula is C44H54N10O4S. The molecule has 2 fully saturated rings. The van der Waals surface area contributed by atoms with Crippen LogP contribution in [0.4, 0.5) is 0 Å². The Hall–Kier alpha value is -5.19. The maximum atomic E-state index is 13.5. The minimum atomic E-state index is -3.80. The van der Waals surface area contributed by atoms with Crippen LogP contribution in [0, 0.1) is 0 Å². The van der Waals surface area contributed by atoms with Gasteiger partial charge in [0.1, 0.15) is 5.65 Å². The fraction of sp³-hybridized carbons (Fsp3) is 0.409. The van der Waals surface area contributed by atoms with Gasteiger partial charge in [0.05, 0.1) is 30.5 Å². The molecule has 0 unspecified atom stereocenters. The van der Waals surface area contributed by atoms with Gasteiger partial charge in [-0.25, -0.2) is 22.4 Å². The second-order valence-electron chi connectivity index (χ2n) is 15.9. The first-order valence-electron chi connectivity index (χ1n) is 20.7. The van der Waals surface area contributed by atoms with E-state index in [1.54, 1.807) is 47.4 Å². The number of rotatable bonds is 12. The number of hydrogen-bond donors (Lipinski definition) is 5. The number of hydrogen-bond acceptors (Lipinski definition) is 10. The Morgan fingerprint density at radius 2 is 1.24 bits per heavy atom. The van der Waals surface area contributed by atoms with E-state index in [2.05, 4.69) is 47.9 Å². The lowest BCUT2D eigenvalue weighted by Crippen LogP contribution is -2.34. The molecule has 15 heteroatoms. The summed E-state index contributed by atoms with van der Waals surface area (Å²) in [5.74, 6) is 0.945. The third-order valence-corrected chi connectivity index (χ3v) is 13.7. The highest BCUT2D eigenvalue weighted by atomic mass is 32.2. The highest BCUT2D eigenvalue weighted by Crippen LogP contribution is 2.38. The van der Waals surface area contributed by atoms with Crippen molar-refractivity contribution in [2.75, 3.05) is 26.3 Å². The highest BCUT2D eigenvalue weighted by molar-refractivity contribution is 7.90. The van der Waals surface area contributed by atoms with Crippen molar-refractivity contribution in [3.05, 3.63) is 103 Å². The Morgan fingerprint density at radius 3 is 1.78 bits per heavy atom. The molecule has 0 bridgehead atoms. The molecule has 0 radical (unpaired) electrons. The second-order valence-corrected chi connectivity index (χ2v) is 17.7. The van der Waals surface area contributed by atoms with Gasteiger partial charge in [-0.3, -0.25) is 9.36 Å². The van der Waals surface area contributed by atoms with Crippen LogP contribution in [0.3, 0.4) is 0 Å². The van der Waals surface area contributed by atoms with Crippen LogP contribution in [0.15, 0.2) is 96.9 Å². The molecule has 59 heavy (non-hydrogen) atoms. The minimum Gasteiger partial charge on any atom is -0.395 e. The number of nitrogens with zero attached hydrogens (tertiary/aromatic N) is 7. The van der Waals surface area contributed by atoms with Gasteiger partial charge in [0, 0.05) is 109 Å². The van der Waals surface area contributed by atoms with Crippen molar-refractivity contribution in [2.24, 2.45) is 14.1 Å². The van der Waals surface area contributed by atoms with E-state index in [1.807, 2.05) is 56.0 Å². The molecule has 0 amide bonds. The zero-order valence-electron chi connectivity index (χ0n) is 33.7. The predicted molar refractivity (Wildman–Crippen MR) is 229 cm³/mol. The zero-order valence-corrected chi connectivity index (χ0v) is 34.5. The molecule has 14 nitrogen and oxygen atoms in total. The van der Waals surface area contributed by atoms with Crippen molar-refractivity contribution >= 4 is 32.1 Å². The molecule has 0 aliphatic heterocycles. The predicted octanol–water partition coefficient (Wildman–Crippen LogP) is 5.85. The van der Waals surface area contributed by atoms with Gasteiger partial charge in [0.25, 0.3) is 10.0 Å². The molecule has 5 N–H and O–H groups in total. The fourth-order valence-electron chi connectivity index (χ4n) is 8.84. The van der Waals surface area contributed by atoms with Gasteiger partial charge >= 0.3 is 0 Å². The van der Waals surface area contributed by atoms with Crippen LogP contribution in [0.2, 0.25) is 0 Å². The molecule has 0 saturated heterocycles. The third kappa shape index (κ3) is 8.89. The molecule has 310 valence electrons. The first kappa shape index (κ1) is 40.6. The first-order valence-corrected chi connectivity index (χ1v) is 22.1. The van der Waals surface area contributed by atoms with Crippen molar-refractivity contribution in [1.29, 1.82) is 0 Å². The average molecular weight is 819 g/mol. The molecule has 9 rings (SSSR count). The molecule has 2 saturated carbocycles. The number of aliphatic hydroxyl groups is 2. The van der Waals surface area contributed by atoms with Gasteiger partial charge in [0.2, 0.25) is 0 Å². The summed E-state index contributed by atoms with van der Waals surface area (Å²) in [6.07, 6.45) is 23.9. The summed E-state index contributed by atoms with van der Waals surface area (Å²) in [4.78, 5) is 12.8. The number of aromatic amines is 1. The topological polar surface area (TPSA) is 181 Å². The van der Waals surface area contributed by atoms with Gasteiger partial charge in [-0.2, -0.15) is 10.2 Å². The highest BCUT2D eigenvalue weighted by Gasteiger charge is 2.27. The molecule has 7 aromatic rings. The Kier molecular flexibility index (Phi) is 12.4. The summed E-state index contributed by atoms with van der Waals surface area (Å²) in [7, 11) is -0.0221. The first-order chi connectivity index (χ1) is 28.7. The Morgan fingerprint density at radius 1 is 0.695 bits per heavy atom. The maximum absolute atomic E-state index is 13.5. The average Bonchev–Trinajstić information content (AvgIpc) is 4.09. The molecule has 2 aliphatic rings. The van der Waals surface area contributed by atoms with Crippen molar-refractivity contribution in [1.82, 2.24) is 49.1 Å². The SMILES string of the molecule is Cn1cc(-c2c[nH]c3ncc(C4CCC(NCCO)CC4)cc23)cn1.Cn1cc(-c2cn(S(=O)(=O)c3ccccc3)c3ncc(C4CCC(NCCO)CC4)cc23)cn1. The minimum absolute atomic E-state index is 0.153. The smallest absolute Gasteiger partial charge is 0.269 e. The number of aryl methyl sites for hydroxylation is 2. The number of H-pyrrole nitrogens is 1. The molecule has 6 heterocycles. The molecule has 6 aromatic heterocycles. The monoisotopic (exact) mass is 818 g/mol. The van der Waals surface area contributed by atoms with E-state index < -0.39 is 10.0 Å². The van der Waals surface area contributed by atoms with Crippen LogP contribution >= 0.6 is 0 Å². The van der Waals surface area contributed by atoms with E-state index in [0.717, 1.165) is 77.4 Å². The van der Waals surface area contributed by atoms with Crippen molar-refractivity contribution in [3.8, 4) is 22.3 Å². The van der Waals surface area contributed by atoms with Crippen molar-refractivity contribution in [2.45, 2.75) is 80.2 Å². The molecule has 0 spiro atoms. The molecule has 1 aromatic carbocycles. The summed E-state index contributed by atoms with van der Waals surface area (Å²) in [6, 6.07) is 13.8. The van der Waals surface area contributed by atoms with Gasteiger partial charge in [-0.05, 0) is 98.6 Å². The van der Waals surface area contributed by atoms with Crippen LogP contribution < -0.4 is 10.6 Å². The van der Waals surface area contributed by atoms with E-state index in [1.165, 1.54) is 27.8 Å². The Balaban J connectivity index is 0.000000172. The van der Waals surface area contributed by atoms with Crippen LogP contribution in [0.25, 0.3) is 44.3 Å². The van der Waals surface area contributed by atoms with Gasteiger partial charge in [0.15, 0.2) is 5.65 Å². The van der Waals surface area contributed by atoms with Crippen molar-refractivity contribution < 1.29 is 18.6 Å². The summed E-state index contributed by atoms with van der Waals surface area (Å²) in [6.45, 7) is 1.69. The summed E-state index contributed by atoms with van der Waals surface area (Å²) in [5, 5.41) is 35.4. The fourth-order valence-corrected chi connectivity index (χ4v) is 10.2. The summed E-state index contributed by atoms with van der Waals surface area (Å²) in [5.41, 5.74) is 7.75. The molecular weight excluding hydrogens is 765 g/mol. The zero-order chi connectivity index (χ0) is 40.9. The number of aromatic nitrogens is 8. The number of nitrogens with one attached hydrogen (secondary N) is 3. The number of pyridine rings is 2. The largest absolute Gasteiger partial charge is 0.395 e. The van der Waals surface area contributed by atoms with Gasteiger partial charge < -0.3 is 25.8 Å². The quantitative estimate of drug-likeness (QED) is 0.100. The number of aliphatic hydroxyl groups excluding tert-OH is 2. The summed E-state index contributed by atoms with van der Waals surface area (Å²) < 4.78 is 31.8. The number of fused-ring (bicyclic) bond motifs is 2. The standard InChI is InChI=1S/C25H29N5O3S.C19H25N5O/c1-29-16-20(15-28-29)24-17-30(34(32,33)22-5-3-2-4-6-22)25-23(24)13-19(14-27-25)18-7-9-21(10-8-18)26-11-12-31;1-24-12-15(10-23-24)18-11-22-19-17(18)8-14(9-21-19)13-2-4-16(5-3-13)20-6-7-25/h2-6,13-18,21,26,31H,7-12H2,1H3;8-13,16,20,25H,2-7H2,1H3,(H,21,22). The normalized spacial score (nSPS) is 19.9. The Bertz CT molecular complexity index is 2580. The van der Waals surface area contributed by atoms with Crippen molar-refractivity contribution in [3.63, 3.8) is 0 Å². The lowest BCUT2D eigenvalue weighted by molar-refractivity contribution is 0.266. The van der Waals surface area contributed by atoms with Gasteiger partial charge in [-0.15, -0.1) is 0 Å². The van der Waals surface area contributed by atoms with Crippen LogP contribution in [-0.4, -0.2) is 95.5 Å². The third-order valence-electron chi connectivity index (χ3n) is 12.0. The van der Waals surface area contributed by atoms with E-state index >= 15 is 0 Å². The van der Waals surface area contributed by atoms with E-state index in [4.69, 9.17) is 10.2 Å². The van der Waals surface area contributed by atoms with E-state index in [9.17, 15) is 8.42 Å². The van der Waals surface area contributed by atoms with E-state index in [-0.39, 0.29) is 18.1 Å². The lowest BCUT2D eigenvalue weighted by atomic mass is 9.82. The maximum Gasteiger partial charge on any atom is 0.269 e. The Labute approximate surface area is 344 Å².